The second-order valence-corrected chi connectivity index (χ2v) is 9.14. The maximum atomic E-state index is 12.9. The summed E-state index contributed by atoms with van der Waals surface area (Å²) in [4.78, 5) is 14.2. The van der Waals surface area contributed by atoms with Gasteiger partial charge in [0.1, 0.15) is 10.6 Å². The first-order chi connectivity index (χ1) is 13.3. The fourth-order valence-electron chi connectivity index (χ4n) is 3.06. The Morgan fingerprint density at radius 3 is 2.46 bits per heavy atom. The summed E-state index contributed by atoms with van der Waals surface area (Å²) in [5.74, 6) is 0.644. The minimum Gasteiger partial charge on any atom is -0.497 e. The van der Waals surface area contributed by atoms with Crippen molar-refractivity contribution in [3.8, 4) is 5.75 Å². The molecule has 0 atom stereocenters. The zero-order valence-corrected chi connectivity index (χ0v) is 17.6. The van der Waals surface area contributed by atoms with Crippen molar-refractivity contribution >= 4 is 39.1 Å². The van der Waals surface area contributed by atoms with Gasteiger partial charge in [0.15, 0.2) is 0 Å². The number of ether oxygens (including phenoxy) is 1. The Bertz CT molecular complexity index is 974. The van der Waals surface area contributed by atoms with E-state index in [2.05, 4.69) is 0 Å². The molecule has 1 saturated heterocycles. The number of benzene rings is 2. The van der Waals surface area contributed by atoms with Crippen LogP contribution in [0.1, 0.15) is 5.56 Å². The molecule has 9 heteroatoms. The normalized spacial score (nSPS) is 15.5. The Kier molecular flexibility index (Phi) is 6.50. The first-order valence-electron chi connectivity index (χ1n) is 8.67. The van der Waals surface area contributed by atoms with Gasteiger partial charge in [0, 0.05) is 31.2 Å². The number of hydrogen-bond acceptors (Lipinski definition) is 4. The number of halogens is 2. The molecule has 2 aromatic rings. The van der Waals surface area contributed by atoms with Crippen LogP contribution < -0.4 is 4.74 Å². The lowest BCUT2D eigenvalue weighted by atomic mass is 10.1. The Labute approximate surface area is 174 Å². The van der Waals surface area contributed by atoms with E-state index in [1.165, 1.54) is 22.5 Å². The number of methoxy groups -OCH3 is 1. The lowest BCUT2D eigenvalue weighted by Gasteiger charge is -2.34. The van der Waals surface area contributed by atoms with Crippen LogP contribution >= 0.6 is 23.2 Å². The highest BCUT2D eigenvalue weighted by Crippen LogP contribution is 2.28. The number of nitrogens with zero attached hydrogens (tertiary/aromatic N) is 2. The van der Waals surface area contributed by atoms with Gasteiger partial charge in [0.05, 0.1) is 18.6 Å². The molecule has 0 bridgehead atoms. The average Bonchev–Trinajstić information content (AvgIpc) is 2.70. The topological polar surface area (TPSA) is 66.9 Å². The van der Waals surface area contributed by atoms with Gasteiger partial charge < -0.3 is 9.64 Å². The van der Waals surface area contributed by atoms with Gasteiger partial charge in [-0.2, -0.15) is 4.31 Å². The van der Waals surface area contributed by atoms with Crippen LogP contribution in [0.15, 0.2) is 47.4 Å². The van der Waals surface area contributed by atoms with E-state index in [1.54, 1.807) is 12.0 Å². The molecule has 0 unspecified atom stereocenters. The number of amides is 1. The summed E-state index contributed by atoms with van der Waals surface area (Å²) >= 11 is 12.0. The second kappa shape index (κ2) is 8.69. The summed E-state index contributed by atoms with van der Waals surface area (Å²) in [5, 5.41) is 0.427. The summed E-state index contributed by atoms with van der Waals surface area (Å²) in [6.07, 6.45) is 0.240. The maximum absolute atomic E-state index is 12.9. The summed E-state index contributed by atoms with van der Waals surface area (Å²) in [7, 11) is -2.19. The molecule has 1 fully saturated rings. The Morgan fingerprint density at radius 1 is 1.07 bits per heavy atom. The number of carbonyl (C=O) groups excluding carboxylic acids is 1. The van der Waals surface area contributed by atoms with Gasteiger partial charge in [-0.3, -0.25) is 4.79 Å². The largest absolute Gasteiger partial charge is 0.497 e. The van der Waals surface area contributed by atoms with E-state index >= 15 is 0 Å². The van der Waals surface area contributed by atoms with Gasteiger partial charge in [-0.25, -0.2) is 8.42 Å². The highest BCUT2D eigenvalue weighted by Gasteiger charge is 2.31. The van der Waals surface area contributed by atoms with Gasteiger partial charge in [0.2, 0.25) is 15.9 Å². The molecule has 1 aliphatic rings. The minimum atomic E-state index is -3.77. The van der Waals surface area contributed by atoms with Gasteiger partial charge in [-0.1, -0.05) is 35.3 Å². The summed E-state index contributed by atoms with van der Waals surface area (Å²) in [6.45, 7) is 1.05. The average molecular weight is 443 g/mol. The molecule has 0 spiro atoms. The van der Waals surface area contributed by atoms with E-state index in [0.29, 0.717) is 23.9 Å². The van der Waals surface area contributed by atoms with E-state index in [-0.39, 0.29) is 35.3 Å². The van der Waals surface area contributed by atoms with Gasteiger partial charge in [-0.05, 0) is 35.9 Å². The predicted molar refractivity (Wildman–Crippen MR) is 108 cm³/mol. The Hall–Kier alpha value is -1.80. The van der Waals surface area contributed by atoms with Crippen LogP contribution in [0.25, 0.3) is 0 Å². The maximum Gasteiger partial charge on any atom is 0.244 e. The predicted octanol–water partition coefficient (Wildman–Crippen LogP) is 3.08. The molecule has 1 amide bonds. The van der Waals surface area contributed by atoms with E-state index in [0.717, 1.165) is 5.56 Å². The molecule has 0 radical (unpaired) electrons. The highest BCUT2D eigenvalue weighted by atomic mass is 35.5. The molecule has 0 aromatic heterocycles. The van der Waals surface area contributed by atoms with Crippen LogP contribution in [0, 0.1) is 0 Å². The first-order valence-corrected chi connectivity index (χ1v) is 10.9. The minimum absolute atomic E-state index is 0.0159. The summed E-state index contributed by atoms with van der Waals surface area (Å²) in [5.41, 5.74) is 0.852. The van der Waals surface area contributed by atoms with E-state index < -0.39 is 10.0 Å². The highest BCUT2D eigenvalue weighted by molar-refractivity contribution is 7.89. The van der Waals surface area contributed by atoms with Crippen molar-refractivity contribution in [1.29, 1.82) is 0 Å². The molecule has 150 valence electrons. The van der Waals surface area contributed by atoms with Crippen LogP contribution in [-0.4, -0.2) is 56.8 Å². The molecule has 3 rings (SSSR count). The Balaban J connectivity index is 1.65. The summed E-state index contributed by atoms with van der Waals surface area (Å²) in [6, 6.07) is 11.7. The standard InChI is InChI=1S/C19H20Cl2N2O4S/c1-27-16-4-2-3-14(11-16)12-19(24)22-7-9-23(10-8-22)28(25,26)18-13-15(20)5-6-17(18)21/h2-6,11,13H,7-10,12H2,1H3. The SMILES string of the molecule is COc1cccc(CC(=O)N2CCN(S(=O)(=O)c3cc(Cl)ccc3Cl)CC2)c1. The van der Waals surface area contributed by atoms with Crippen molar-refractivity contribution in [2.24, 2.45) is 0 Å². The quantitative estimate of drug-likeness (QED) is 0.713. The number of hydrogen-bond donors (Lipinski definition) is 0. The number of piperazine rings is 1. The molecule has 0 aliphatic carbocycles. The van der Waals surface area contributed by atoms with Gasteiger partial charge in [0.25, 0.3) is 0 Å². The molecule has 6 nitrogen and oxygen atoms in total. The molecule has 0 saturated carbocycles. The molecule has 28 heavy (non-hydrogen) atoms. The molecule has 0 N–H and O–H groups in total. The van der Waals surface area contributed by atoms with Crippen LogP contribution in [0.5, 0.6) is 5.75 Å². The fraction of sp³-hybridized carbons (Fsp3) is 0.316. The molecular weight excluding hydrogens is 423 g/mol. The van der Waals surface area contributed by atoms with Crippen molar-refractivity contribution in [3.63, 3.8) is 0 Å². The first kappa shape index (κ1) is 20.9. The zero-order valence-electron chi connectivity index (χ0n) is 15.3. The van der Waals surface area contributed by atoms with Crippen molar-refractivity contribution in [3.05, 3.63) is 58.1 Å². The van der Waals surface area contributed by atoms with Crippen molar-refractivity contribution in [1.82, 2.24) is 9.21 Å². The van der Waals surface area contributed by atoms with Crippen LogP contribution in [-0.2, 0) is 21.2 Å². The molecule has 2 aromatic carbocycles. The van der Waals surface area contributed by atoms with E-state index in [1.807, 2.05) is 24.3 Å². The monoisotopic (exact) mass is 442 g/mol. The van der Waals surface area contributed by atoms with Crippen molar-refractivity contribution in [2.75, 3.05) is 33.3 Å². The van der Waals surface area contributed by atoms with E-state index in [9.17, 15) is 13.2 Å². The van der Waals surface area contributed by atoms with E-state index in [4.69, 9.17) is 27.9 Å². The third kappa shape index (κ3) is 4.60. The molecule has 1 aliphatic heterocycles. The third-order valence-electron chi connectivity index (χ3n) is 4.59. The van der Waals surface area contributed by atoms with Gasteiger partial charge in [-0.15, -0.1) is 0 Å². The van der Waals surface area contributed by atoms with Crippen molar-refractivity contribution < 1.29 is 17.9 Å². The number of rotatable bonds is 5. The van der Waals surface area contributed by atoms with Crippen LogP contribution in [0.2, 0.25) is 10.0 Å². The lowest BCUT2D eigenvalue weighted by Crippen LogP contribution is -2.50. The number of sulfonamides is 1. The van der Waals surface area contributed by atoms with Crippen LogP contribution in [0.4, 0.5) is 0 Å². The third-order valence-corrected chi connectivity index (χ3v) is 7.21. The lowest BCUT2D eigenvalue weighted by molar-refractivity contribution is -0.131. The Morgan fingerprint density at radius 2 is 1.79 bits per heavy atom. The van der Waals surface area contributed by atoms with Crippen molar-refractivity contribution in [2.45, 2.75) is 11.3 Å². The van der Waals surface area contributed by atoms with Gasteiger partial charge >= 0.3 is 0 Å². The molecule has 1 heterocycles. The number of carbonyl (C=O) groups is 1. The smallest absolute Gasteiger partial charge is 0.244 e. The summed E-state index contributed by atoms with van der Waals surface area (Å²) < 4.78 is 32.2. The van der Waals surface area contributed by atoms with Crippen LogP contribution in [0.3, 0.4) is 0 Å². The fourth-order valence-corrected chi connectivity index (χ4v) is 5.22. The second-order valence-electron chi connectivity index (χ2n) is 6.39. The molecular formula is C19H20Cl2N2O4S. The zero-order chi connectivity index (χ0) is 20.3.